The molecule has 0 spiro atoms. The van der Waals surface area contributed by atoms with E-state index >= 15 is 0 Å². The first kappa shape index (κ1) is 16.2. The summed E-state index contributed by atoms with van der Waals surface area (Å²) in [4.78, 5) is 10.8. The molecule has 6 nitrogen and oxygen atoms in total. The summed E-state index contributed by atoms with van der Waals surface area (Å²) in [6.07, 6.45) is -4.48. The van der Waals surface area contributed by atoms with Crippen molar-refractivity contribution in [1.82, 2.24) is 0 Å². The van der Waals surface area contributed by atoms with Crippen LogP contribution in [0, 0.1) is 10.1 Å². The Hall–Kier alpha value is -1.87. The van der Waals surface area contributed by atoms with Gasteiger partial charge in [0.25, 0.3) is 5.69 Å². The molecule has 0 heterocycles. The third-order valence-corrected chi connectivity index (χ3v) is 2.54. The van der Waals surface area contributed by atoms with E-state index in [2.05, 4.69) is 0 Å². The highest BCUT2D eigenvalue weighted by Crippen LogP contribution is 2.27. The maximum Gasteiger partial charge on any atom is 0.405 e. The smallest absolute Gasteiger partial charge is 0.395 e. The van der Waals surface area contributed by atoms with Crippen molar-refractivity contribution in [3.05, 3.63) is 33.9 Å². The Kier molecular flexibility index (Phi) is 5.28. The zero-order chi connectivity index (χ0) is 15.3. The highest BCUT2D eigenvalue weighted by Gasteiger charge is 2.31. The van der Waals surface area contributed by atoms with Gasteiger partial charge in [-0.25, -0.2) is 0 Å². The fourth-order valence-corrected chi connectivity index (χ4v) is 1.71. The normalized spacial score (nSPS) is 11.4. The second-order valence-corrected chi connectivity index (χ2v) is 3.99. The minimum atomic E-state index is -4.48. The maximum atomic E-state index is 12.4. The van der Waals surface area contributed by atoms with E-state index in [9.17, 15) is 23.3 Å². The molecule has 1 rings (SSSR count). The van der Waals surface area contributed by atoms with Gasteiger partial charge in [-0.15, -0.1) is 0 Å². The molecule has 20 heavy (non-hydrogen) atoms. The van der Waals surface area contributed by atoms with Crippen LogP contribution < -0.4 is 4.90 Å². The highest BCUT2D eigenvalue weighted by atomic mass is 19.4. The standard InChI is InChI=1S/C11H13F3N2O4/c12-11(13,14)7-15(3-4-17)9-1-2-10(16(19)20)8(5-9)6-18/h1-2,5,17-18H,3-4,6-7H2. The molecule has 0 radical (unpaired) electrons. The van der Waals surface area contributed by atoms with Gasteiger partial charge in [0.1, 0.15) is 6.54 Å². The molecule has 2 N–H and O–H groups in total. The molecule has 0 aliphatic carbocycles. The summed E-state index contributed by atoms with van der Waals surface area (Å²) in [5.74, 6) is 0. The molecular formula is C11H13F3N2O4. The van der Waals surface area contributed by atoms with Crippen molar-refractivity contribution in [3.8, 4) is 0 Å². The molecule has 1 aromatic rings. The number of benzene rings is 1. The van der Waals surface area contributed by atoms with E-state index in [-0.39, 0.29) is 23.5 Å². The van der Waals surface area contributed by atoms with Crippen LogP contribution in [-0.2, 0) is 6.61 Å². The van der Waals surface area contributed by atoms with Gasteiger partial charge in [0.15, 0.2) is 0 Å². The molecule has 9 heteroatoms. The largest absolute Gasteiger partial charge is 0.405 e. The van der Waals surface area contributed by atoms with Crippen LogP contribution in [0.3, 0.4) is 0 Å². The van der Waals surface area contributed by atoms with E-state index in [1.165, 1.54) is 0 Å². The zero-order valence-electron chi connectivity index (χ0n) is 10.3. The van der Waals surface area contributed by atoms with Crippen LogP contribution in [0.2, 0.25) is 0 Å². The number of hydrogen-bond acceptors (Lipinski definition) is 5. The van der Waals surface area contributed by atoms with Gasteiger partial charge < -0.3 is 15.1 Å². The molecular weight excluding hydrogens is 281 g/mol. The lowest BCUT2D eigenvalue weighted by atomic mass is 10.1. The monoisotopic (exact) mass is 294 g/mol. The second-order valence-electron chi connectivity index (χ2n) is 3.99. The van der Waals surface area contributed by atoms with Crippen molar-refractivity contribution in [2.75, 3.05) is 24.6 Å². The first-order chi connectivity index (χ1) is 9.28. The number of anilines is 1. The minimum absolute atomic E-state index is 0.0472. The van der Waals surface area contributed by atoms with Gasteiger partial charge in [0.05, 0.1) is 23.7 Å². The number of alkyl halides is 3. The molecule has 112 valence electrons. The van der Waals surface area contributed by atoms with Crippen molar-refractivity contribution in [1.29, 1.82) is 0 Å². The molecule has 0 aliphatic rings. The summed E-state index contributed by atoms with van der Waals surface area (Å²) < 4.78 is 37.3. The van der Waals surface area contributed by atoms with Gasteiger partial charge in [-0.05, 0) is 12.1 Å². The molecule has 0 fully saturated rings. The Morgan fingerprint density at radius 3 is 2.40 bits per heavy atom. The Morgan fingerprint density at radius 1 is 1.30 bits per heavy atom. The van der Waals surface area contributed by atoms with Crippen LogP contribution >= 0.6 is 0 Å². The Balaban J connectivity index is 3.11. The third kappa shape index (κ3) is 4.35. The van der Waals surface area contributed by atoms with Gasteiger partial charge >= 0.3 is 6.18 Å². The number of nitro groups is 1. The second kappa shape index (κ2) is 6.53. The Morgan fingerprint density at radius 2 is 1.95 bits per heavy atom. The number of hydrogen-bond donors (Lipinski definition) is 2. The summed E-state index contributed by atoms with van der Waals surface area (Å²) in [6, 6.07) is 3.29. The lowest BCUT2D eigenvalue weighted by Gasteiger charge is -2.25. The molecule has 0 unspecified atom stereocenters. The van der Waals surface area contributed by atoms with Crippen LogP contribution in [0.15, 0.2) is 18.2 Å². The van der Waals surface area contributed by atoms with Crippen molar-refractivity contribution in [2.45, 2.75) is 12.8 Å². The quantitative estimate of drug-likeness (QED) is 0.612. The molecule has 1 aromatic carbocycles. The number of nitro benzene ring substituents is 1. The molecule has 0 saturated carbocycles. The summed E-state index contributed by atoms with van der Waals surface area (Å²) in [7, 11) is 0. The Bertz CT molecular complexity index is 479. The first-order valence-electron chi connectivity index (χ1n) is 5.59. The van der Waals surface area contributed by atoms with Crippen molar-refractivity contribution < 1.29 is 28.3 Å². The van der Waals surface area contributed by atoms with Crippen molar-refractivity contribution in [3.63, 3.8) is 0 Å². The van der Waals surface area contributed by atoms with Gasteiger partial charge in [0, 0.05) is 18.3 Å². The lowest BCUT2D eigenvalue weighted by molar-refractivity contribution is -0.385. The predicted molar refractivity (Wildman–Crippen MR) is 64.4 cm³/mol. The van der Waals surface area contributed by atoms with Crippen LogP contribution in [-0.4, -0.2) is 41.0 Å². The first-order valence-corrected chi connectivity index (χ1v) is 5.59. The van der Waals surface area contributed by atoms with E-state index in [0.717, 1.165) is 23.1 Å². The van der Waals surface area contributed by atoms with Gasteiger partial charge in [-0.3, -0.25) is 10.1 Å². The fraction of sp³-hybridized carbons (Fsp3) is 0.455. The fourth-order valence-electron chi connectivity index (χ4n) is 1.71. The number of nitrogens with zero attached hydrogens (tertiary/aromatic N) is 2. The SMILES string of the molecule is O=[N+]([O-])c1ccc(N(CCO)CC(F)(F)F)cc1CO. The van der Waals surface area contributed by atoms with E-state index in [4.69, 9.17) is 10.2 Å². The molecule has 0 saturated heterocycles. The van der Waals surface area contributed by atoms with E-state index < -0.39 is 30.9 Å². The lowest BCUT2D eigenvalue weighted by Crippen LogP contribution is -2.36. The summed E-state index contributed by atoms with van der Waals surface area (Å²) in [6.45, 7) is -2.73. The maximum absolute atomic E-state index is 12.4. The summed E-state index contributed by atoms with van der Waals surface area (Å²) >= 11 is 0. The topological polar surface area (TPSA) is 86.8 Å². The van der Waals surface area contributed by atoms with Gasteiger partial charge in [-0.2, -0.15) is 13.2 Å². The molecule has 0 bridgehead atoms. The molecule has 0 atom stereocenters. The molecule has 0 amide bonds. The van der Waals surface area contributed by atoms with Crippen LogP contribution in [0.25, 0.3) is 0 Å². The van der Waals surface area contributed by atoms with E-state index in [1.807, 2.05) is 0 Å². The summed E-state index contributed by atoms with van der Waals surface area (Å²) in [5.41, 5.74) is -0.407. The van der Waals surface area contributed by atoms with E-state index in [1.54, 1.807) is 0 Å². The number of rotatable bonds is 6. The number of aliphatic hydroxyl groups excluding tert-OH is 2. The summed E-state index contributed by atoms with van der Waals surface area (Å²) in [5, 5.41) is 28.5. The third-order valence-electron chi connectivity index (χ3n) is 2.54. The van der Waals surface area contributed by atoms with Gasteiger partial charge in [0.2, 0.25) is 0 Å². The average Bonchev–Trinajstić information content (AvgIpc) is 2.35. The number of halogens is 3. The highest BCUT2D eigenvalue weighted by molar-refractivity contribution is 5.55. The average molecular weight is 294 g/mol. The van der Waals surface area contributed by atoms with Crippen molar-refractivity contribution >= 4 is 11.4 Å². The van der Waals surface area contributed by atoms with Crippen LogP contribution in [0.5, 0.6) is 0 Å². The zero-order valence-corrected chi connectivity index (χ0v) is 10.3. The predicted octanol–water partition coefficient (Wildman–Crippen LogP) is 1.45. The van der Waals surface area contributed by atoms with Crippen LogP contribution in [0.4, 0.5) is 24.5 Å². The number of aliphatic hydroxyl groups is 2. The molecule has 0 aliphatic heterocycles. The Labute approximate surface area is 112 Å². The van der Waals surface area contributed by atoms with Gasteiger partial charge in [-0.1, -0.05) is 0 Å². The van der Waals surface area contributed by atoms with Crippen molar-refractivity contribution in [2.24, 2.45) is 0 Å². The van der Waals surface area contributed by atoms with Crippen LogP contribution in [0.1, 0.15) is 5.56 Å². The molecule has 0 aromatic heterocycles. The minimum Gasteiger partial charge on any atom is -0.395 e. The van der Waals surface area contributed by atoms with E-state index in [0.29, 0.717) is 0 Å².